The molecule has 0 radical (unpaired) electrons. The third kappa shape index (κ3) is 3.69. The van der Waals surface area contributed by atoms with Crippen molar-refractivity contribution in [3.8, 4) is 0 Å². The summed E-state index contributed by atoms with van der Waals surface area (Å²) in [5.41, 5.74) is 0. The number of rotatable bonds is 0. The first kappa shape index (κ1) is 9.73. The van der Waals surface area contributed by atoms with Crippen LogP contribution in [0.4, 0.5) is 0 Å². The van der Waals surface area contributed by atoms with Crippen molar-refractivity contribution < 1.29 is 58.2 Å². The smallest absolute Gasteiger partial charge is 0.660 e. The largest absolute Gasteiger partial charge is 1.00 e. The Kier molecular flexibility index (Phi) is 6.69. The fourth-order valence-electron chi connectivity index (χ4n) is 0.706. The van der Waals surface area contributed by atoms with Crippen LogP contribution in [0.25, 0.3) is 5.32 Å². The molecule has 1 saturated heterocycles. The number of hydrogen-bond acceptors (Lipinski definition) is 1. The van der Waals surface area contributed by atoms with Crippen molar-refractivity contribution in [2.24, 2.45) is 0 Å². The SMILES string of the molecule is CN1CC[N-]CC1.[Rb+]. The van der Waals surface area contributed by atoms with Crippen LogP contribution in [0.3, 0.4) is 0 Å². The van der Waals surface area contributed by atoms with Gasteiger partial charge in [0.25, 0.3) is 0 Å². The van der Waals surface area contributed by atoms with Gasteiger partial charge in [-0.3, -0.25) is 0 Å². The van der Waals surface area contributed by atoms with Gasteiger partial charge in [-0.15, -0.1) is 13.1 Å². The molecule has 0 aliphatic carbocycles. The molecule has 0 aromatic carbocycles. The summed E-state index contributed by atoms with van der Waals surface area (Å²) < 4.78 is 0. The van der Waals surface area contributed by atoms with Gasteiger partial charge in [0.15, 0.2) is 0 Å². The van der Waals surface area contributed by atoms with E-state index in [-0.39, 0.29) is 58.2 Å². The second kappa shape index (κ2) is 5.51. The van der Waals surface area contributed by atoms with Crippen LogP contribution in [0.2, 0.25) is 0 Å². The van der Waals surface area contributed by atoms with Crippen LogP contribution in [0.15, 0.2) is 0 Å². The van der Waals surface area contributed by atoms with Crippen LogP contribution in [0, 0.1) is 0 Å². The molecule has 0 N–H and O–H groups in total. The predicted molar refractivity (Wildman–Crippen MR) is 30.6 cm³/mol. The van der Waals surface area contributed by atoms with Crippen LogP contribution in [0.1, 0.15) is 0 Å². The van der Waals surface area contributed by atoms with E-state index in [1.165, 1.54) is 0 Å². The van der Waals surface area contributed by atoms with Gasteiger partial charge < -0.3 is 10.2 Å². The third-order valence-corrected chi connectivity index (χ3v) is 1.28. The van der Waals surface area contributed by atoms with E-state index in [1.807, 2.05) is 0 Å². The zero-order valence-electron chi connectivity index (χ0n) is 5.72. The quantitative estimate of drug-likeness (QED) is 0.401. The Morgan fingerprint density at radius 3 is 2.00 bits per heavy atom. The van der Waals surface area contributed by atoms with E-state index in [9.17, 15) is 0 Å². The molecule has 0 spiro atoms. The number of piperazine rings is 1. The minimum absolute atomic E-state index is 0. The molecule has 1 rings (SSSR count). The first-order chi connectivity index (χ1) is 3.39. The van der Waals surface area contributed by atoms with Gasteiger partial charge >= 0.3 is 58.2 Å². The fourth-order valence-corrected chi connectivity index (χ4v) is 0.706. The van der Waals surface area contributed by atoms with Gasteiger partial charge in [0.2, 0.25) is 0 Å². The first-order valence-corrected chi connectivity index (χ1v) is 2.71. The maximum Gasteiger partial charge on any atom is 1.00 e. The molecule has 0 aromatic heterocycles. The van der Waals surface area contributed by atoms with Gasteiger partial charge in [0, 0.05) is 0 Å². The minimum atomic E-state index is 0. The van der Waals surface area contributed by atoms with E-state index in [4.69, 9.17) is 0 Å². The summed E-state index contributed by atoms with van der Waals surface area (Å²) in [6, 6.07) is 0. The van der Waals surface area contributed by atoms with E-state index in [0.717, 1.165) is 26.2 Å². The topological polar surface area (TPSA) is 17.3 Å². The number of hydrogen-bond donors (Lipinski definition) is 0. The van der Waals surface area contributed by atoms with Crippen LogP contribution in [0.5, 0.6) is 0 Å². The molecule has 1 aliphatic heterocycles. The van der Waals surface area contributed by atoms with E-state index in [2.05, 4.69) is 17.3 Å². The third-order valence-electron chi connectivity index (χ3n) is 1.28. The fraction of sp³-hybridized carbons (Fsp3) is 1.00. The normalized spacial score (nSPS) is 22.1. The average molecular weight is 185 g/mol. The average Bonchev–Trinajstić information content (AvgIpc) is 1.69. The Labute approximate surface area is 99.8 Å². The monoisotopic (exact) mass is 184 g/mol. The number of likely N-dealkylation sites (N-methyl/N-ethyl adjacent to an activating group) is 1. The zero-order chi connectivity index (χ0) is 5.11. The van der Waals surface area contributed by atoms with Crippen molar-refractivity contribution in [3.05, 3.63) is 5.32 Å². The molecule has 0 aromatic rings. The molecule has 8 heavy (non-hydrogen) atoms. The Balaban J connectivity index is 0.000000490. The molecule has 2 nitrogen and oxygen atoms in total. The van der Waals surface area contributed by atoms with Crippen LogP contribution < -0.4 is 58.2 Å². The van der Waals surface area contributed by atoms with Gasteiger partial charge in [0.05, 0.1) is 0 Å². The van der Waals surface area contributed by atoms with Crippen LogP contribution >= 0.6 is 0 Å². The molecular formula is C5H11N2Rb. The standard InChI is InChI=1S/C5H11N2.Rb/c1-7-4-2-6-3-5-7;/h2-5H2,1H3;/q-1;+1. The summed E-state index contributed by atoms with van der Waals surface area (Å²) >= 11 is 0. The van der Waals surface area contributed by atoms with E-state index < -0.39 is 0 Å². The van der Waals surface area contributed by atoms with Crippen molar-refractivity contribution in [2.75, 3.05) is 33.2 Å². The van der Waals surface area contributed by atoms with Crippen LogP contribution in [-0.2, 0) is 0 Å². The van der Waals surface area contributed by atoms with Gasteiger partial charge in [-0.25, -0.2) is 0 Å². The first-order valence-electron chi connectivity index (χ1n) is 2.71. The Bertz CT molecular complexity index is 52.4. The molecule has 0 amide bonds. The van der Waals surface area contributed by atoms with Crippen LogP contribution in [-0.4, -0.2) is 38.1 Å². The Hall–Kier alpha value is 1.73. The maximum absolute atomic E-state index is 4.19. The molecule has 0 atom stereocenters. The van der Waals surface area contributed by atoms with Crippen molar-refractivity contribution in [3.63, 3.8) is 0 Å². The Morgan fingerprint density at radius 1 is 1.25 bits per heavy atom. The molecule has 0 saturated carbocycles. The Morgan fingerprint density at radius 2 is 1.75 bits per heavy atom. The second-order valence-electron chi connectivity index (χ2n) is 1.97. The molecule has 1 heterocycles. The molecule has 1 aliphatic rings. The van der Waals surface area contributed by atoms with Crippen molar-refractivity contribution in [1.82, 2.24) is 4.90 Å². The van der Waals surface area contributed by atoms with Gasteiger partial charge in [-0.2, -0.15) is 0 Å². The predicted octanol–water partition coefficient (Wildman–Crippen LogP) is -2.69. The van der Waals surface area contributed by atoms with E-state index >= 15 is 0 Å². The van der Waals surface area contributed by atoms with Gasteiger partial charge in [-0.05, 0) is 20.1 Å². The van der Waals surface area contributed by atoms with Gasteiger partial charge in [0.1, 0.15) is 0 Å². The molecule has 3 heteroatoms. The van der Waals surface area contributed by atoms with Crippen molar-refractivity contribution >= 4 is 0 Å². The minimum Gasteiger partial charge on any atom is -0.660 e. The van der Waals surface area contributed by atoms with Gasteiger partial charge in [-0.1, -0.05) is 0 Å². The van der Waals surface area contributed by atoms with Crippen molar-refractivity contribution in [1.29, 1.82) is 0 Å². The summed E-state index contributed by atoms with van der Waals surface area (Å²) in [5, 5.41) is 4.19. The second-order valence-corrected chi connectivity index (χ2v) is 1.97. The maximum atomic E-state index is 4.19. The number of nitrogens with zero attached hydrogens (tertiary/aromatic N) is 2. The van der Waals surface area contributed by atoms with E-state index in [1.54, 1.807) is 0 Å². The zero-order valence-corrected chi connectivity index (χ0v) is 10.6. The molecule has 42 valence electrons. The molecular weight excluding hydrogens is 174 g/mol. The van der Waals surface area contributed by atoms with Crippen molar-refractivity contribution in [2.45, 2.75) is 0 Å². The summed E-state index contributed by atoms with van der Waals surface area (Å²) in [4.78, 5) is 2.30. The molecule has 0 unspecified atom stereocenters. The summed E-state index contributed by atoms with van der Waals surface area (Å²) in [5.74, 6) is 0. The molecule has 0 bridgehead atoms. The van der Waals surface area contributed by atoms with E-state index in [0.29, 0.717) is 0 Å². The summed E-state index contributed by atoms with van der Waals surface area (Å²) in [6.07, 6.45) is 0. The summed E-state index contributed by atoms with van der Waals surface area (Å²) in [7, 11) is 2.13. The molecule has 1 fully saturated rings. The summed E-state index contributed by atoms with van der Waals surface area (Å²) in [6.45, 7) is 4.38.